The third-order valence-corrected chi connectivity index (χ3v) is 13.1. The Morgan fingerprint density at radius 2 is 1.21 bits per heavy atom. The lowest BCUT2D eigenvalue weighted by atomic mass is 10.1. The highest BCUT2D eigenvalue weighted by molar-refractivity contribution is 9.09. The molecule has 0 saturated carbocycles. The molecule has 3 fully saturated rings. The molecular weight excluding hydrogens is 508 g/mol. The number of hydrogen-bond donors (Lipinski definition) is 0. The van der Waals surface area contributed by atoms with E-state index in [1.807, 2.05) is 0 Å². The Hall–Kier alpha value is -1.02. The molecular formula is C28H37BrO4Si. The van der Waals surface area contributed by atoms with Crippen molar-refractivity contribution in [3.05, 3.63) is 60.7 Å². The summed E-state index contributed by atoms with van der Waals surface area (Å²) in [6.07, 6.45) is 6.28. The maximum atomic E-state index is 7.02. The van der Waals surface area contributed by atoms with Crippen molar-refractivity contribution < 1.29 is 18.6 Å². The van der Waals surface area contributed by atoms with Gasteiger partial charge in [-0.3, -0.25) is 0 Å². The molecule has 3 aliphatic rings. The van der Waals surface area contributed by atoms with E-state index in [0.29, 0.717) is 31.0 Å². The highest BCUT2D eigenvalue weighted by Gasteiger charge is 2.54. The lowest BCUT2D eigenvalue weighted by Crippen LogP contribution is -2.66. The van der Waals surface area contributed by atoms with Gasteiger partial charge >= 0.3 is 0 Å². The number of ether oxygens (including phenoxy) is 3. The molecule has 34 heavy (non-hydrogen) atoms. The van der Waals surface area contributed by atoms with E-state index in [0.717, 1.165) is 24.6 Å². The summed E-state index contributed by atoms with van der Waals surface area (Å²) in [7, 11) is -2.50. The monoisotopic (exact) mass is 544 g/mol. The minimum atomic E-state index is -2.50. The van der Waals surface area contributed by atoms with Crippen LogP contribution in [-0.4, -0.2) is 56.9 Å². The Bertz CT molecular complexity index is 895. The van der Waals surface area contributed by atoms with Crippen LogP contribution >= 0.6 is 15.9 Å². The minimum absolute atomic E-state index is 0.0135. The van der Waals surface area contributed by atoms with E-state index in [9.17, 15) is 0 Å². The summed E-state index contributed by atoms with van der Waals surface area (Å²) in [6.45, 7) is 7.59. The SMILES string of the molecule is CC(C)(C)[Si](OC[C@H]1O[C@@H]1C[C@H]1O[C@@H]1C[C@H]1O[C@@H]1CCCBr)(c1ccccc1)c1ccccc1. The summed E-state index contributed by atoms with van der Waals surface area (Å²) < 4.78 is 24.9. The lowest BCUT2D eigenvalue weighted by Gasteiger charge is -2.43. The van der Waals surface area contributed by atoms with Crippen molar-refractivity contribution >= 4 is 34.6 Å². The number of halogens is 1. The van der Waals surface area contributed by atoms with Crippen LogP contribution in [0.1, 0.15) is 46.5 Å². The molecule has 2 aromatic carbocycles. The maximum absolute atomic E-state index is 7.02. The second kappa shape index (κ2) is 10.2. The smallest absolute Gasteiger partial charge is 0.261 e. The molecule has 0 aromatic heterocycles. The van der Waals surface area contributed by atoms with E-state index in [1.165, 1.54) is 16.8 Å². The van der Waals surface area contributed by atoms with Gasteiger partial charge in [0.05, 0.1) is 37.1 Å². The van der Waals surface area contributed by atoms with Crippen molar-refractivity contribution in [3.8, 4) is 0 Å². The van der Waals surface area contributed by atoms with Crippen LogP contribution in [0.15, 0.2) is 60.7 Å². The zero-order valence-corrected chi connectivity index (χ0v) is 23.1. The molecule has 0 radical (unpaired) electrons. The molecule has 0 spiro atoms. The van der Waals surface area contributed by atoms with Gasteiger partial charge in [0, 0.05) is 18.2 Å². The van der Waals surface area contributed by atoms with E-state index in [2.05, 4.69) is 97.4 Å². The summed E-state index contributed by atoms with van der Waals surface area (Å²) >= 11 is 3.50. The van der Waals surface area contributed by atoms with Gasteiger partial charge in [0.1, 0.15) is 6.10 Å². The fraction of sp³-hybridized carbons (Fsp3) is 0.571. The van der Waals surface area contributed by atoms with Crippen LogP contribution in [0.2, 0.25) is 5.04 Å². The quantitative estimate of drug-likeness (QED) is 0.218. The lowest BCUT2D eigenvalue weighted by molar-refractivity contribution is 0.246. The van der Waals surface area contributed by atoms with Gasteiger partial charge in [-0.05, 0) is 28.3 Å². The van der Waals surface area contributed by atoms with Gasteiger partial charge < -0.3 is 18.6 Å². The first kappa shape index (κ1) is 24.7. The number of rotatable bonds is 12. The fourth-order valence-corrected chi connectivity index (χ4v) is 10.4. The number of hydrogen-bond acceptors (Lipinski definition) is 4. The van der Waals surface area contributed by atoms with Crippen LogP contribution in [0, 0.1) is 0 Å². The van der Waals surface area contributed by atoms with Crippen molar-refractivity contribution in [2.24, 2.45) is 0 Å². The van der Waals surface area contributed by atoms with Crippen molar-refractivity contribution in [1.29, 1.82) is 0 Å². The zero-order chi connectivity index (χ0) is 23.8. The van der Waals surface area contributed by atoms with Crippen molar-refractivity contribution in [2.75, 3.05) is 11.9 Å². The largest absolute Gasteiger partial charge is 0.405 e. The number of epoxide rings is 3. The molecule has 0 amide bonds. The molecule has 0 aliphatic carbocycles. The normalized spacial score (nSPS) is 30.2. The molecule has 2 aromatic rings. The predicted octanol–water partition coefficient (Wildman–Crippen LogP) is 4.82. The molecule has 0 unspecified atom stereocenters. The Balaban J connectivity index is 1.18. The topological polar surface area (TPSA) is 46.8 Å². The summed E-state index contributed by atoms with van der Waals surface area (Å²) in [4.78, 5) is 0. The second-order valence-electron chi connectivity index (χ2n) is 10.9. The van der Waals surface area contributed by atoms with Crippen LogP contribution in [0.3, 0.4) is 0 Å². The van der Waals surface area contributed by atoms with E-state index >= 15 is 0 Å². The van der Waals surface area contributed by atoms with Crippen molar-refractivity contribution in [2.45, 2.75) is 88.1 Å². The highest BCUT2D eigenvalue weighted by atomic mass is 79.9. The average molecular weight is 546 g/mol. The Labute approximate surface area is 213 Å². The highest BCUT2D eigenvalue weighted by Crippen LogP contribution is 2.42. The number of benzene rings is 2. The Morgan fingerprint density at radius 3 is 1.74 bits per heavy atom. The summed E-state index contributed by atoms with van der Waals surface area (Å²) in [5, 5.41) is 3.67. The van der Waals surface area contributed by atoms with Gasteiger partial charge in [-0.1, -0.05) is 97.4 Å². The first-order valence-corrected chi connectivity index (χ1v) is 15.7. The zero-order valence-electron chi connectivity index (χ0n) is 20.5. The molecule has 3 saturated heterocycles. The van der Waals surface area contributed by atoms with E-state index < -0.39 is 8.32 Å². The van der Waals surface area contributed by atoms with Crippen LogP contribution in [-0.2, 0) is 18.6 Å². The molecule has 4 nitrogen and oxygen atoms in total. The standard InChI is InChI=1S/C28H37BrO4Si/c1-28(2,3)34(20-11-6-4-7-12-20,21-13-8-5-9-14-21)30-19-27-26(33-27)18-25-24(32-25)17-23-22(31-23)15-10-16-29/h4-9,11-14,22-27H,10,15-19H2,1-3H3/t22-,23-,24-,25-,26-,27-/m1/s1. The second-order valence-corrected chi connectivity index (χ2v) is 16.0. The van der Waals surface area contributed by atoms with Crippen LogP contribution in [0.4, 0.5) is 0 Å². The Kier molecular flexibility index (Phi) is 7.36. The van der Waals surface area contributed by atoms with Crippen molar-refractivity contribution in [1.82, 2.24) is 0 Å². The molecule has 0 N–H and O–H groups in total. The Morgan fingerprint density at radius 1 is 0.735 bits per heavy atom. The predicted molar refractivity (Wildman–Crippen MR) is 142 cm³/mol. The summed E-state index contributed by atoms with van der Waals surface area (Å²) in [5.41, 5.74) is 0. The van der Waals surface area contributed by atoms with Gasteiger partial charge in [-0.25, -0.2) is 0 Å². The third-order valence-electron chi connectivity index (χ3n) is 7.50. The summed E-state index contributed by atoms with van der Waals surface area (Å²) in [5.74, 6) is 0. The molecule has 0 bridgehead atoms. The van der Waals surface area contributed by atoms with Crippen LogP contribution in [0.5, 0.6) is 0 Å². The maximum Gasteiger partial charge on any atom is 0.261 e. The van der Waals surface area contributed by atoms with E-state index in [1.54, 1.807) is 0 Å². The van der Waals surface area contributed by atoms with Gasteiger partial charge in [0.25, 0.3) is 8.32 Å². The van der Waals surface area contributed by atoms with Crippen molar-refractivity contribution in [3.63, 3.8) is 0 Å². The average Bonchev–Trinajstić information content (AvgIpc) is 3.76. The molecule has 3 aliphatic heterocycles. The van der Waals surface area contributed by atoms with Gasteiger partial charge in [-0.2, -0.15) is 0 Å². The van der Waals surface area contributed by atoms with Crippen LogP contribution in [0.25, 0.3) is 0 Å². The summed E-state index contributed by atoms with van der Waals surface area (Å²) in [6, 6.07) is 21.6. The molecule has 184 valence electrons. The van der Waals surface area contributed by atoms with Gasteiger partial charge in [-0.15, -0.1) is 0 Å². The molecule has 5 rings (SSSR count). The fourth-order valence-electron chi connectivity index (χ4n) is 5.47. The minimum Gasteiger partial charge on any atom is -0.405 e. The third kappa shape index (κ3) is 5.37. The van der Waals surface area contributed by atoms with Crippen LogP contribution < -0.4 is 10.4 Å². The molecule has 6 atom stereocenters. The van der Waals surface area contributed by atoms with E-state index in [4.69, 9.17) is 18.6 Å². The van der Waals surface area contributed by atoms with Gasteiger partial charge in [0.2, 0.25) is 0 Å². The first-order valence-electron chi connectivity index (χ1n) is 12.7. The molecule has 6 heteroatoms. The molecule has 3 heterocycles. The van der Waals surface area contributed by atoms with E-state index in [-0.39, 0.29) is 17.2 Å². The number of alkyl halides is 1. The van der Waals surface area contributed by atoms with Gasteiger partial charge in [0.15, 0.2) is 0 Å². The first-order chi connectivity index (χ1) is 16.4.